The van der Waals surface area contributed by atoms with E-state index in [4.69, 9.17) is 11.6 Å². The maximum atomic E-state index is 12.0. The molecule has 0 unspecified atom stereocenters. The quantitative estimate of drug-likeness (QED) is 0.549. The number of aromatic nitrogens is 3. The Morgan fingerprint density at radius 3 is 2.58 bits per heavy atom. The van der Waals surface area contributed by atoms with Crippen molar-refractivity contribution in [3.63, 3.8) is 0 Å². The number of nitrogens with one attached hydrogen (secondary N) is 4. The molecule has 0 aliphatic heterocycles. The topological polar surface area (TPSA) is 120 Å². The predicted octanol–water partition coefficient (Wildman–Crippen LogP) is 2.57. The highest BCUT2D eigenvalue weighted by atomic mass is 35.5. The van der Waals surface area contributed by atoms with Gasteiger partial charge in [-0.3, -0.25) is 14.6 Å². The number of rotatable bonds is 5. The zero-order chi connectivity index (χ0) is 18.7. The number of carbonyl (C=O) groups is 2. The normalized spacial score (nSPS) is 10.7. The number of carbonyl (C=O) groups excluding carboxylic acids is 2. The zero-order valence-corrected chi connectivity index (χ0v) is 14.6. The number of imidazole rings is 1. The van der Waals surface area contributed by atoms with Crippen LogP contribution in [-0.2, 0) is 9.59 Å². The molecule has 0 fully saturated rings. The van der Waals surface area contributed by atoms with E-state index in [-0.39, 0.29) is 30.3 Å². The number of aromatic amines is 2. The van der Waals surface area contributed by atoms with Gasteiger partial charge in [-0.05, 0) is 36.8 Å². The Morgan fingerprint density at radius 2 is 1.81 bits per heavy atom. The van der Waals surface area contributed by atoms with Gasteiger partial charge in [0.25, 0.3) is 0 Å². The first-order chi connectivity index (χ1) is 12.4. The van der Waals surface area contributed by atoms with E-state index in [1.54, 1.807) is 30.3 Å². The van der Waals surface area contributed by atoms with Gasteiger partial charge >= 0.3 is 5.69 Å². The minimum atomic E-state index is -0.371. The van der Waals surface area contributed by atoms with Gasteiger partial charge in [0.05, 0.1) is 5.52 Å². The monoisotopic (exact) mass is 373 g/mol. The summed E-state index contributed by atoms with van der Waals surface area (Å²) in [7, 11) is 0. The molecule has 1 aromatic carbocycles. The van der Waals surface area contributed by atoms with Crippen LogP contribution in [0.3, 0.4) is 0 Å². The highest BCUT2D eigenvalue weighted by Crippen LogP contribution is 2.20. The van der Waals surface area contributed by atoms with Gasteiger partial charge < -0.3 is 15.6 Å². The van der Waals surface area contributed by atoms with Gasteiger partial charge in [0.2, 0.25) is 11.8 Å². The van der Waals surface area contributed by atoms with E-state index in [2.05, 4.69) is 25.6 Å². The lowest BCUT2D eigenvalue weighted by Gasteiger charge is -2.09. The van der Waals surface area contributed by atoms with Crippen molar-refractivity contribution < 1.29 is 9.59 Å². The number of H-pyrrole nitrogens is 2. The average Bonchev–Trinajstić information content (AvgIpc) is 2.95. The number of halogens is 1. The molecule has 0 aliphatic rings. The van der Waals surface area contributed by atoms with Crippen molar-refractivity contribution in [2.45, 2.75) is 19.8 Å². The SMILES string of the molecule is Cc1ccc(Cl)cc1NC(=O)CCC(=O)Nc1ccc2[nH]c(=O)[nH]c2n1. The fraction of sp³-hybridized carbons (Fsp3) is 0.176. The molecule has 3 rings (SSSR count). The van der Waals surface area contributed by atoms with Crippen molar-refractivity contribution in [1.82, 2.24) is 15.0 Å². The second-order valence-electron chi connectivity index (χ2n) is 5.73. The molecule has 0 saturated carbocycles. The third-order valence-corrected chi connectivity index (χ3v) is 3.93. The molecule has 9 heteroatoms. The third-order valence-electron chi connectivity index (χ3n) is 3.70. The fourth-order valence-corrected chi connectivity index (χ4v) is 2.53. The lowest BCUT2D eigenvalue weighted by atomic mass is 10.2. The molecule has 4 N–H and O–H groups in total. The first-order valence-corrected chi connectivity index (χ1v) is 8.23. The van der Waals surface area contributed by atoms with Crippen LogP contribution in [0.4, 0.5) is 11.5 Å². The Morgan fingerprint density at radius 1 is 1.08 bits per heavy atom. The predicted molar refractivity (Wildman–Crippen MR) is 99.4 cm³/mol. The van der Waals surface area contributed by atoms with Crippen LogP contribution in [0.15, 0.2) is 35.1 Å². The number of hydrogen-bond acceptors (Lipinski definition) is 4. The van der Waals surface area contributed by atoms with Crippen LogP contribution in [-0.4, -0.2) is 26.8 Å². The summed E-state index contributed by atoms with van der Waals surface area (Å²) in [6.45, 7) is 1.85. The van der Waals surface area contributed by atoms with Crippen LogP contribution >= 0.6 is 11.6 Å². The summed E-state index contributed by atoms with van der Waals surface area (Å²) in [4.78, 5) is 44.4. The molecule has 3 aromatic rings. The molecule has 8 nitrogen and oxygen atoms in total. The molecule has 0 spiro atoms. The molecule has 0 atom stereocenters. The van der Waals surface area contributed by atoms with Gasteiger partial charge in [0.1, 0.15) is 5.82 Å². The first kappa shape index (κ1) is 17.7. The van der Waals surface area contributed by atoms with E-state index >= 15 is 0 Å². The Kier molecular flexibility index (Phi) is 5.04. The number of anilines is 2. The maximum absolute atomic E-state index is 12.0. The van der Waals surface area contributed by atoms with Gasteiger partial charge in [-0.25, -0.2) is 9.78 Å². The molecule has 0 radical (unpaired) electrons. The van der Waals surface area contributed by atoms with Crippen molar-refractivity contribution in [3.05, 3.63) is 51.4 Å². The number of benzene rings is 1. The second kappa shape index (κ2) is 7.40. The van der Waals surface area contributed by atoms with Crippen molar-refractivity contribution in [2.24, 2.45) is 0 Å². The maximum Gasteiger partial charge on any atom is 0.325 e. The third kappa shape index (κ3) is 4.28. The Balaban J connectivity index is 1.55. The molecule has 0 aliphatic carbocycles. The van der Waals surface area contributed by atoms with Crippen LogP contribution in [0.25, 0.3) is 11.2 Å². The van der Waals surface area contributed by atoms with Gasteiger partial charge in [0, 0.05) is 23.6 Å². The molecule has 26 heavy (non-hydrogen) atoms. The number of hydrogen-bond donors (Lipinski definition) is 4. The highest BCUT2D eigenvalue weighted by molar-refractivity contribution is 6.31. The van der Waals surface area contributed by atoms with E-state index in [0.717, 1.165) is 5.56 Å². The summed E-state index contributed by atoms with van der Waals surface area (Å²) in [5.41, 5.74) is 2.02. The molecule has 0 saturated heterocycles. The molecule has 2 aromatic heterocycles. The van der Waals surface area contributed by atoms with Gasteiger partial charge in [-0.2, -0.15) is 0 Å². The van der Waals surface area contributed by atoms with E-state index in [0.29, 0.717) is 27.7 Å². The summed E-state index contributed by atoms with van der Waals surface area (Å²) < 4.78 is 0. The van der Waals surface area contributed by atoms with Crippen LogP contribution < -0.4 is 16.3 Å². The minimum Gasteiger partial charge on any atom is -0.326 e. The summed E-state index contributed by atoms with van der Waals surface area (Å²) in [6, 6.07) is 8.40. The number of pyridine rings is 1. The van der Waals surface area contributed by atoms with Crippen LogP contribution in [0.5, 0.6) is 0 Å². The molecule has 134 valence electrons. The smallest absolute Gasteiger partial charge is 0.325 e. The number of aryl methyl sites for hydroxylation is 1. The lowest BCUT2D eigenvalue weighted by molar-refractivity contribution is -0.121. The van der Waals surface area contributed by atoms with Gasteiger partial charge in [-0.1, -0.05) is 17.7 Å². The molecular formula is C17H16ClN5O3. The average molecular weight is 374 g/mol. The van der Waals surface area contributed by atoms with E-state index in [9.17, 15) is 14.4 Å². The van der Waals surface area contributed by atoms with Crippen LogP contribution in [0.1, 0.15) is 18.4 Å². The van der Waals surface area contributed by atoms with Crippen molar-refractivity contribution >= 4 is 46.1 Å². The van der Waals surface area contributed by atoms with Crippen molar-refractivity contribution in [3.8, 4) is 0 Å². The standard InChI is InChI=1S/C17H16ClN5O3/c1-9-2-3-10(18)8-12(9)19-14(24)6-7-15(25)21-13-5-4-11-16(22-13)23-17(26)20-11/h2-5,8H,6-7H2,1H3,(H,19,24)(H3,20,21,22,23,25,26). The van der Waals surface area contributed by atoms with Gasteiger partial charge in [-0.15, -0.1) is 0 Å². The lowest BCUT2D eigenvalue weighted by Crippen LogP contribution is -2.18. The molecule has 0 bridgehead atoms. The Hall–Kier alpha value is -3.13. The first-order valence-electron chi connectivity index (χ1n) is 7.85. The minimum absolute atomic E-state index is 0.00514. The molecular weight excluding hydrogens is 358 g/mol. The fourth-order valence-electron chi connectivity index (χ4n) is 2.36. The highest BCUT2D eigenvalue weighted by Gasteiger charge is 2.10. The van der Waals surface area contributed by atoms with E-state index in [1.807, 2.05) is 6.92 Å². The Bertz CT molecular complexity index is 1040. The zero-order valence-electron chi connectivity index (χ0n) is 13.9. The summed E-state index contributed by atoms with van der Waals surface area (Å²) in [6.07, 6.45) is 0.00976. The van der Waals surface area contributed by atoms with E-state index < -0.39 is 0 Å². The Labute approximate surface area is 153 Å². The summed E-state index contributed by atoms with van der Waals surface area (Å²) >= 11 is 5.91. The van der Waals surface area contributed by atoms with Crippen LogP contribution in [0.2, 0.25) is 5.02 Å². The van der Waals surface area contributed by atoms with Gasteiger partial charge in [0.15, 0.2) is 5.65 Å². The summed E-state index contributed by atoms with van der Waals surface area (Å²) in [5, 5.41) is 5.85. The van der Waals surface area contributed by atoms with E-state index in [1.165, 1.54) is 0 Å². The van der Waals surface area contributed by atoms with Crippen LogP contribution in [0, 0.1) is 6.92 Å². The number of nitrogens with zero attached hydrogens (tertiary/aromatic N) is 1. The number of amides is 2. The molecule has 2 heterocycles. The van der Waals surface area contributed by atoms with Crippen molar-refractivity contribution in [1.29, 1.82) is 0 Å². The molecule has 2 amide bonds. The number of fused-ring (bicyclic) bond motifs is 1. The summed E-state index contributed by atoms with van der Waals surface area (Å²) in [5.74, 6) is -0.347. The largest absolute Gasteiger partial charge is 0.326 e. The van der Waals surface area contributed by atoms with Crippen molar-refractivity contribution in [2.75, 3.05) is 10.6 Å². The second-order valence-corrected chi connectivity index (χ2v) is 6.16.